The Morgan fingerprint density at radius 3 is 2.58 bits per heavy atom. The van der Waals surface area contributed by atoms with Crippen LogP contribution in [0.25, 0.3) is 0 Å². The summed E-state index contributed by atoms with van der Waals surface area (Å²) in [6, 6.07) is 20.4. The molecule has 2 heterocycles. The molecule has 1 unspecified atom stereocenters. The van der Waals surface area contributed by atoms with Gasteiger partial charge in [0.25, 0.3) is 11.8 Å². The van der Waals surface area contributed by atoms with E-state index in [4.69, 9.17) is 14.5 Å². The van der Waals surface area contributed by atoms with Gasteiger partial charge in [0.2, 0.25) is 6.17 Å². The summed E-state index contributed by atoms with van der Waals surface area (Å²) in [6.07, 6.45) is -0.417. The Morgan fingerprint density at radius 2 is 1.83 bits per heavy atom. The molecule has 0 aliphatic carbocycles. The van der Waals surface area contributed by atoms with Crippen LogP contribution in [0.5, 0.6) is 5.75 Å². The first-order valence-corrected chi connectivity index (χ1v) is 11.6. The highest BCUT2D eigenvalue weighted by Gasteiger charge is 2.38. The number of rotatable bonds is 5. The first kappa shape index (κ1) is 23.3. The first-order valence-electron chi connectivity index (χ1n) is 11.6. The fourth-order valence-corrected chi connectivity index (χ4v) is 4.54. The van der Waals surface area contributed by atoms with Crippen molar-refractivity contribution in [3.8, 4) is 5.75 Å². The average molecular weight is 483 g/mol. The molecule has 0 saturated carbocycles. The van der Waals surface area contributed by atoms with Crippen molar-refractivity contribution in [2.75, 3.05) is 25.7 Å². The third kappa shape index (κ3) is 4.22. The molecular weight excluding hydrogens is 456 g/mol. The Balaban J connectivity index is 1.60. The summed E-state index contributed by atoms with van der Waals surface area (Å²) in [7, 11) is 3.14. The molecule has 1 atom stereocenters. The number of anilines is 1. The lowest BCUT2D eigenvalue weighted by Crippen LogP contribution is -2.47. The lowest BCUT2D eigenvalue weighted by molar-refractivity contribution is -0.120. The smallest absolute Gasteiger partial charge is 0.272 e. The number of nitrogens with one attached hydrogen (secondary N) is 1. The predicted octanol–water partition coefficient (Wildman–Crippen LogP) is 3.89. The number of methoxy groups -OCH3 is 2. The zero-order valence-corrected chi connectivity index (χ0v) is 20.3. The van der Waals surface area contributed by atoms with Crippen molar-refractivity contribution in [3.63, 3.8) is 0 Å². The Labute approximate surface area is 209 Å². The van der Waals surface area contributed by atoms with Crippen molar-refractivity contribution in [3.05, 3.63) is 89.0 Å². The summed E-state index contributed by atoms with van der Waals surface area (Å²) >= 11 is 0. The van der Waals surface area contributed by atoms with Crippen molar-refractivity contribution in [2.45, 2.75) is 19.5 Å². The minimum atomic E-state index is -1.11. The number of amides is 2. The highest BCUT2D eigenvalue weighted by atomic mass is 16.5. The summed E-state index contributed by atoms with van der Waals surface area (Å²) in [6.45, 7) is 2.21. The van der Waals surface area contributed by atoms with Crippen LogP contribution in [0, 0.1) is 0 Å². The zero-order chi connectivity index (χ0) is 25.2. The van der Waals surface area contributed by atoms with Gasteiger partial charge in [-0.2, -0.15) is 0 Å². The topological polar surface area (TPSA) is 92.6 Å². The van der Waals surface area contributed by atoms with Crippen molar-refractivity contribution < 1.29 is 19.1 Å². The van der Waals surface area contributed by atoms with Crippen molar-refractivity contribution in [2.24, 2.45) is 9.98 Å². The molecule has 0 bridgehead atoms. The van der Waals surface area contributed by atoms with E-state index in [1.807, 2.05) is 42.5 Å². The summed E-state index contributed by atoms with van der Waals surface area (Å²) in [5.74, 6) is 0.382. The molecule has 2 aliphatic heterocycles. The molecule has 2 aliphatic rings. The summed E-state index contributed by atoms with van der Waals surface area (Å²) < 4.78 is 10.7. The van der Waals surface area contributed by atoms with E-state index < -0.39 is 12.1 Å². The fourth-order valence-electron chi connectivity index (χ4n) is 4.54. The van der Waals surface area contributed by atoms with Gasteiger partial charge in [0.1, 0.15) is 5.75 Å². The maximum absolute atomic E-state index is 13.7. The van der Waals surface area contributed by atoms with Crippen LogP contribution in [0.15, 0.2) is 76.7 Å². The SMILES string of the molecule is COC(C)=Nc1ccccc1C(=O)NC1N=C(c2ccccc2)c2cc(OC)cc3c2N(CC3)C1=O. The van der Waals surface area contributed by atoms with Gasteiger partial charge < -0.3 is 19.7 Å². The summed E-state index contributed by atoms with van der Waals surface area (Å²) in [4.78, 5) is 38.0. The van der Waals surface area contributed by atoms with Gasteiger partial charge in [0.05, 0.1) is 36.9 Å². The third-order valence-corrected chi connectivity index (χ3v) is 6.32. The van der Waals surface area contributed by atoms with E-state index in [0.29, 0.717) is 41.6 Å². The number of hydrogen-bond donors (Lipinski definition) is 1. The molecule has 5 rings (SSSR count). The zero-order valence-electron chi connectivity index (χ0n) is 20.3. The van der Waals surface area contributed by atoms with Crippen molar-refractivity contribution in [1.82, 2.24) is 5.32 Å². The number of nitrogens with zero attached hydrogens (tertiary/aromatic N) is 3. The van der Waals surface area contributed by atoms with Crippen LogP contribution in [0.1, 0.15) is 34.0 Å². The minimum Gasteiger partial charge on any atom is -0.497 e. The molecule has 0 fully saturated rings. The monoisotopic (exact) mass is 482 g/mol. The van der Waals surface area contributed by atoms with E-state index in [0.717, 1.165) is 22.4 Å². The third-order valence-electron chi connectivity index (χ3n) is 6.32. The lowest BCUT2D eigenvalue weighted by atomic mass is 9.97. The molecule has 1 N–H and O–H groups in total. The molecule has 3 aromatic carbocycles. The number of hydrogen-bond acceptors (Lipinski definition) is 6. The molecule has 36 heavy (non-hydrogen) atoms. The van der Waals surface area contributed by atoms with Crippen LogP contribution in [-0.4, -0.2) is 50.4 Å². The molecular formula is C28H26N4O4. The normalized spacial score (nSPS) is 16.7. The Bertz CT molecular complexity index is 1400. The Morgan fingerprint density at radius 1 is 1.08 bits per heavy atom. The molecule has 8 nitrogen and oxygen atoms in total. The minimum absolute atomic E-state index is 0.284. The molecule has 0 aromatic heterocycles. The van der Waals surface area contributed by atoms with Crippen LogP contribution >= 0.6 is 0 Å². The fraction of sp³-hybridized carbons (Fsp3) is 0.214. The van der Waals surface area contributed by atoms with Gasteiger partial charge in [0, 0.05) is 24.6 Å². The van der Waals surface area contributed by atoms with E-state index in [-0.39, 0.29) is 5.91 Å². The van der Waals surface area contributed by atoms with E-state index in [2.05, 4.69) is 10.3 Å². The average Bonchev–Trinajstić information content (AvgIpc) is 3.30. The predicted molar refractivity (Wildman–Crippen MR) is 139 cm³/mol. The second kappa shape index (κ2) is 9.65. The van der Waals surface area contributed by atoms with E-state index >= 15 is 0 Å². The van der Waals surface area contributed by atoms with E-state index in [1.54, 1.807) is 43.2 Å². The van der Waals surface area contributed by atoms with Gasteiger partial charge >= 0.3 is 0 Å². The molecule has 0 radical (unpaired) electrons. The van der Waals surface area contributed by atoms with Crippen LogP contribution in [0.2, 0.25) is 0 Å². The first-order chi connectivity index (χ1) is 17.5. The van der Waals surface area contributed by atoms with Crippen LogP contribution < -0.4 is 15.0 Å². The number of para-hydroxylation sites is 1. The van der Waals surface area contributed by atoms with Crippen LogP contribution in [-0.2, 0) is 16.0 Å². The summed E-state index contributed by atoms with van der Waals surface area (Å²) in [5.41, 5.74) is 4.87. The Hall–Kier alpha value is -4.46. The quantitative estimate of drug-likeness (QED) is 0.441. The molecule has 2 amide bonds. The van der Waals surface area contributed by atoms with Crippen molar-refractivity contribution >= 4 is 34.8 Å². The van der Waals surface area contributed by atoms with Crippen LogP contribution in [0.4, 0.5) is 11.4 Å². The highest BCUT2D eigenvalue weighted by molar-refractivity contribution is 6.21. The molecule has 0 saturated heterocycles. The number of ether oxygens (including phenoxy) is 2. The highest BCUT2D eigenvalue weighted by Crippen LogP contribution is 2.39. The van der Waals surface area contributed by atoms with Gasteiger partial charge in [-0.1, -0.05) is 42.5 Å². The number of carbonyl (C=O) groups excluding carboxylic acids is 2. The van der Waals surface area contributed by atoms with Gasteiger partial charge in [0.15, 0.2) is 5.90 Å². The number of benzene rings is 3. The van der Waals surface area contributed by atoms with Crippen LogP contribution in [0.3, 0.4) is 0 Å². The summed E-state index contributed by atoms with van der Waals surface area (Å²) in [5, 5.41) is 2.85. The maximum Gasteiger partial charge on any atom is 0.272 e. The largest absolute Gasteiger partial charge is 0.497 e. The van der Waals surface area contributed by atoms with Gasteiger partial charge in [-0.15, -0.1) is 0 Å². The van der Waals surface area contributed by atoms with E-state index in [9.17, 15) is 9.59 Å². The van der Waals surface area contributed by atoms with Gasteiger partial charge in [-0.3, -0.25) is 9.59 Å². The number of carbonyl (C=O) groups is 2. The second-order valence-electron chi connectivity index (χ2n) is 8.49. The van der Waals surface area contributed by atoms with Crippen molar-refractivity contribution in [1.29, 1.82) is 0 Å². The second-order valence-corrected chi connectivity index (χ2v) is 8.49. The standard InChI is InChI=1S/C28H26N4O4/c1-17(35-2)29-23-12-8-7-11-21(23)27(33)31-26-28(34)32-14-13-19-15-20(36-3)16-22(25(19)32)24(30-26)18-9-5-4-6-10-18/h4-12,15-16,26H,13-14H2,1-3H3,(H,31,33). The maximum atomic E-state index is 13.7. The Kier molecular flexibility index (Phi) is 6.25. The molecule has 3 aromatic rings. The van der Waals surface area contributed by atoms with Gasteiger partial charge in [-0.25, -0.2) is 9.98 Å². The molecule has 0 spiro atoms. The number of aliphatic imine (C=N–C) groups is 2. The lowest BCUT2D eigenvalue weighted by Gasteiger charge is -2.21. The van der Waals surface area contributed by atoms with Gasteiger partial charge in [-0.05, 0) is 36.2 Å². The molecule has 8 heteroatoms. The molecule has 182 valence electrons. The van der Waals surface area contributed by atoms with E-state index in [1.165, 1.54) is 7.11 Å².